The van der Waals surface area contributed by atoms with Gasteiger partial charge in [0.15, 0.2) is 0 Å². The molecule has 0 heterocycles. The van der Waals surface area contributed by atoms with Crippen LogP contribution in [0.25, 0.3) is 60.9 Å². The van der Waals surface area contributed by atoms with Gasteiger partial charge in [-0.1, -0.05) is 233 Å². The average Bonchev–Trinajstić information content (AvgIpc) is 3.53. The minimum Gasteiger partial charge on any atom is -0.0990 e. The zero-order chi connectivity index (χ0) is 41.6. The monoisotopic (exact) mass is 774 g/mol. The molecule has 294 valence electrons. The molecule has 0 bridgehead atoms. The maximum atomic E-state index is 3.72. The Morgan fingerprint density at radius 1 is 0.600 bits per heavy atom. The first kappa shape index (κ1) is 40.0. The van der Waals surface area contributed by atoms with Crippen molar-refractivity contribution in [2.24, 2.45) is 0 Å². The third-order valence-electron chi connectivity index (χ3n) is 12.2. The summed E-state index contributed by atoms with van der Waals surface area (Å²) in [6, 6.07) is 66.8. The second-order valence-corrected chi connectivity index (χ2v) is 16.6. The Morgan fingerprint density at radius 3 is 1.95 bits per heavy atom. The van der Waals surface area contributed by atoms with Crippen LogP contribution in [-0.2, 0) is 11.8 Å². The smallest absolute Gasteiger partial charge is 0.0165 e. The molecule has 0 heteroatoms. The molecule has 1 unspecified atom stereocenters. The molecule has 1 aliphatic rings. The highest BCUT2D eigenvalue weighted by molar-refractivity contribution is 6.05. The lowest BCUT2D eigenvalue weighted by Crippen LogP contribution is -2.16. The molecule has 0 aromatic heterocycles. The third-order valence-corrected chi connectivity index (χ3v) is 12.2. The van der Waals surface area contributed by atoms with Crippen LogP contribution < -0.4 is 0 Å². The second kappa shape index (κ2) is 17.6. The first-order valence-electron chi connectivity index (χ1n) is 21.3. The van der Waals surface area contributed by atoms with E-state index >= 15 is 0 Å². The number of allylic oxidation sites excluding steroid dienone is 5. The maximum Gasteiger partial charge on any atom is 0.0165 e. The van der Waals surface area contributed by atoms with Gasteiger partial charge in [-0.3, -0.25) is 0 Å². The number of hydrogen-bond donors (Lipinski definition) is 0. The van der Waals surface area contributed by atoms with Crippen LogP contribution in [0.15, 0.2) is 213 Å². The number of hydrogen-bond acceptors (Lipinski definition) is 0. The van der Waals surface area contributed by atoms with E-state index in [1.165, 1.54) is 94.2 Å². The molecule has 0 nitrogen and oxygen atoms in total. The molecule has 0 aliphatic heterocycles. The van der Waals surface area contributed by atoms with Gasteiger partial charge in [-0.05, 0) is 121 Å². The first-order chi connectivity index (χ1) is 29.3. The lowest BCUT2D eigenvalue weighted by molar-refractivity contribution is 0.662. The Kier molecular flexibility index (Phi) is 11.8. The molecule has 0 amide bonds. The molecule has 9 rings (SSSR count). The Hall–Kier alpha value is -6.76. The van der Waals surface area contributed by atoms with Crippen LogP contribution in [0.3, 0.4) is 0 Å². The molecular formula is C60H54. The summed E-state index contributed by atoms with van der Waals surface area (Å²) in [5.74, 6) is 0.466. The standard InChI is InChI=1S/C46H38.C14H16/c1-31(29-32-13-6-4-7-14-32)33-21-23-34(24-22-33)37-25-26-42-43(30-37)46(2,3)45-39(36-15-8-5-9-16-36)27-28-41(44(42)45)40-20-12-18-35-17-10-11-19-38(35)40;1-4-6-13(7-5-2)14-10-8-12(3)9-11-14/h4-28,30-31H,29H2,1-3H3;4-11H,1H2,2-3H3/b;7-5-,13-6+. The zero-order valence-electron chi connectivity index (χ0n) is 35.6. The molecule has 0 fully saturated rings. The topological polar surface area (TPSA) is 0 Å². The number of aryl methyl sites for hydroxylation is 1. The fourth-order valence-corrected chi connectivity index (χ4v) is 9.06. The zero-order valence-corrected chi connectivity index (χ0v) is 35.6. The lowest BCUT2D eigenvalue weighted by Gasteiger charge is -2.26. The van der Waals surface area contributed by atoms with Gasteiger partial charge in [0, 0.05) is 5.41 Å². The van der Waals surface area contributed by atoms with Gasteiger partial charge in [0.2, 0.25) is 0 Å². The van der Waals surface area contributed by atoms with Gasteiger partial charge in [0.25, 0.3) is 0 Å². The first-order valence-corrected chi connectivity index (χ1v) is 21.3. The highest BCUT2D eigenvalue weighted by atomic mass is 14.4. The van der Waals surface area contributed by atoms with Crippen molar-refractivity contribution in [3.8, 4) is 44.5 Å². The molecule has 0 saturated carbocycles. The van der Waals surface area contributed by atoms with Crippen LogP contribution in [0.2, 0.25) is 0 Å². The van der Waals surface area contributed by atoms with E-state index in [0.29, 0.717) is 5.92 Å². The van der Waals surface area contributed by atoms with Crippen molar-refractivity contribution < 1.29 is 0 Å². The fourth-order valence-electron chi connectivity index (χ4n) is 9.06. The van der Waals surface area contributed by atoms with Crippen LogP contribution in [0.5, 0.6) is 0 Å². The number of fused-ring (bicyclic) bond motifs is 4. The van der Waals surface area contributed by atoms with E-state index in [0.717, 1.165) is 6.42 Å². The summed E-state index contributed by atoms with van der Waals surface area (Å²) in [6.07, 6.45) is 9.01. The summed E-state index contributed by atoms with van der Waals surface area (Å²) in [4.78, 5) is 0. The van der Waals surface area contributed by atoms with Gasteiger partial charge in [-0.25, -0.2) is 0 Å². The Balaban J connectivity index is 0.000000304. The van der Waals surface area contributed by atoms with Crippen molar-refractivity contribution in [1.82, 2.24) is 0 Å². The molecular weight excluding hydrogens is 721 g/mol. The molecule has 0 N–H and O–H groups in total. The molecule has 0 spiro atoms. The fraction of sp³-hybridized carbons (Fsp3) is 0.133. The van der Waals surface area contributed by atoms with Crippen molar-refractivity contribution in [3.05, 3.63) is 246 Å². The summed E-state index contributed by atoms with van der Waals surface area (Å²) in [6.45, 7) is 15.0. The van der Waals surface area contributed by atoms with Gasteiger partial charge >= 0.3 is 0 Å². The van der Waals surface area contributed by atoms with Crippen molar-refractivity contribution in [1.29, 1.82) is 0 Å². The summed E-state index contributed by atoms with van der Waals surface area (Å²) in [5, 5.41) is 2.57. The largest absolute Gasteiger partial charge is 0.0990 e. The van der Waals surface area contributed by atoms with Crippen molar-refractivity contribution in [2.75, 3.05) is 0 Å². The van der Waals surface area contributed by atoms with Crippen LogP contribution >= 0.6 is 0 Å². The predicted octanol–water partition coefficient (Wildman–Crippen LogP) is 16.6. The quantitative estimate of drug-likeness (QED) is 0.128. The summed E-state index contributed by atoms with van der Waals surface area (Å²) in [7, 11) is 0. The van der Waals surface area contributed by atoms with Gasteiger partial charge < -0.3 is 0 Å². The number of rotatable bonds is 9. The van der Waals surface area contributed by atoms with E-state index in [4.69, 9.17) is 0 Å². The minimum absolute atomic E-state index is 0.170. The summed E-state index contributed by atoms with van der Waals surface area (Å²) >= 11 is 0. The van der Waals surface area contributed by atoms with Crippen LogP contribution in [0.4, 0.5) is 0 Å². The Bertz CT molecular complexity index is 2810. The van der Waals surface area contributed by atoms with E-state index < -0.39 is 0 Å². The van der Waals surface area contributed by atoms with Crippen LogP contribution in [0.1, 0.15) is 67.0 Å². The van der Waals surface area contributed by atoms with Crippen LogP contribution in [-0.4, -0.2) is 0 Å². The maximum absolute atomic E-state index is 3.72. The van der Waals surface area contributed by atoms with Gasteiger partial charge in [-0.2, -0.15) is 0 Å². The highest BCUT2D eigenvalue weighted by Crippen LogP contribution is 2.56. The Labute approximate surface area is 357 Å². The van der Waals surface area contributed by atoms with Gasteiger partial charge in [0.05, 0.1) is 0 Å². The molecule has 1 atom stereocenters. The average molecular weight is 775 g/mol. The minimum atomic E-state index is -0.170. The lowest BCUT2D eigenvalue weighted by atomic mass is 9.77. The molecule has 0 radical (unpaired) electrons. The Morgan fingerprint density at radius 2 is 1.23 bits per heavy atom. The van der Waals surface area contributed by atoms with Crippen LogP contribution in [0, 0.1) is 6.92 Å². The molecule has 8 aromatic carbocycles. The summed E-state index contributed by atoms with van der Waals surface area (Å²) in [5.41, 5.74) is 19.6. The highest BCUT2D eigenvalue weighted by Gasteiger charge is 2.39. The molecule has 1 aliphatic carbocycles. The SMILES string of the molecule is C=C/C=C(\C=C/C)c1ccc(C)cc1.CC(Cc1ccccc1)c1ccc(-c2ccc3c(c2)C(C)(C)c2c(-c4ccccc4)ccc(-c4cccc5ccccc45)c2-3)cc1. The molecule has 0 saturated heterocycles. The van der Waals surface area contributed by atoms with E-state index in [-0.39, 0.29) is 5.41 Å². The van der Waals surface area contributed by atoms with Crippen molar-refractivity contribution in [2.45, 2.75) is 52.4 Å². The van der Waals surface area contributed by atoms with E-state index in [1.54, 1.807) is 0 Å². The van der Waals surface area contributed by atoms with E-state index in [9.17, 15) is 0 Å². The molecule has 8 aromatic rings. The van der Waals surface area contributed by atoms with E-state index in [1.807, 2.05) is 25.2 Å². The van der Waals surface area contributed by atoms with Gasteiger partial charge in [-0.15, -0.1) is 0 Å². The van der Waals surface area contributed by atoms with E-state index in [2.05, 4.69) is 222 Å². The predicted molar refractivity (Wildman–Crippen MR) is 261 cm³/mol. The third kappa shape index (κ3) is 8.12. The molecule has 60 heavy (non-hydrogen) atoms. The second-order valence-electron chi connectivity index (χ2n) is 16.6. The van der Waals surface area contributed by atoms with Gasteiger partial charge in [0.1, 0.15) is 0 Å². The number of benzene rings is 8. The van der Waals surface area contributed by atoms with Crippen molar-refractivity contribution >= 4 is 16.3 Å². The van der Waals surface area contributed by atoms with Crippen molar-refractivity contribution in [3.63, 3.8) is 0 Å². The summed E-state index contributed by atoms with van der Waals surface area (Å²) < 4.78 is 0. The normalized spacial score (nSPS) is 13.3.